The molecule has 2 amide bonds. The van der Waals surface area contributed by atoms with Crippen LogP contribution < -0.4 is 10.9 Å². The molecule has 0 radical (unpaired) electrons. The Hall–Kier alpha value is -3.36. The Bertz CT molecular complexity index is 711. The summed E-state index contributed by atoms with van der Waals surface area (Å²) in [6, 6.07) is 17.9. The Balaban J connectivity index is 1.82. The van der Waals surface area contributed by atoms with Gasteiger partial charge in [0.2, 0.25) is 0 Å². The molecule has 2 aromatic carbocycles. The third-order valence-electron chi connectivity index (χ3n) is 3.21. The second-order valence-corrected chi connectivity index (χ2v) is 5.18. The molecule has 4 N–H and O–H groups in total. The minimum Gasteiger partial charge on any atom is -0.380 e. The maximum atomic E-state index is 11.7. The molecule has 134 valence electrons. The highest BCUT2D eigenvalue weighted by Gasteiger charge is 2.30. The van der Waals surface area contributed by atoms with E-state index in [0.29, 0.717) is 0 Å². The first-order chi connectivity index (χ1) is 12.6. The molecule has 0 saturated carbocycles. The molecule has 2 atom stereocenters. The Labute approximate surface area is 149 Å². The molecule has 0 aliphatic heterocycles. The number of hydrogen-bond donors (Lipinski definition) is 4. The monoisotopic (exact) mass is 354 g/mol. The number of hydrazone groups is 2. The van der Waals surface area contributed by atoms with Crippen LogP contribution in [0, 0.1) is 0 Å². The fourth-order valence-corrected chi connectivity index (χ4v) is 1.84. The lowest BCUT2D eigenvalue weighted by atomic mass is 10.2. The summed E-state index contributed by atoms with van der Waals surface area (Å²) in [6.45, 7) is 0. The second kappa shape index (κ2) is 9.82. The van der Waals surface area contributed by atoms with Crippen molar-refractivity contribution in [1.29, 1.82) is 0 Å². The Kier molecular flexibility index (Phi) is 7.17. The number of hydrogen-bond acceptors (Lipinski definition) is 6. The molecule has 0 saturated heterocycles. The highest BCUT2D eigenvalue weighted by Crippen LogP contribution is 1.97. The number of amides is 2. The number of nitrogens with one attached hydrogen (secondary N) is 2. The molecule has 0 aromatic heterocycles. The van der Waals surface area contributed by atoms with E-state index in [9.17, 15) is 19.8 Å². The van der Waals surface area contributed by atoms with Gasteiger partial charge in [-0.05, 0) is 11.1 Å². The van der Waals surface area contributed by atoms with Gasteiger partial charge in [0.25, 0.3) is 11.8 Å². The molecule has 0 aliphatic carbocycles. The average molecular weight is 354 g/mol. The highest BCUT2D eigenvalue weighted by atomic mass is 16.3. The van der Waals surface area contributed by atoms with Gasteiger partial charge in [-0.1, -0.05) is 60.7 Å². The quantitative estimate of drug-likeness (QED) is 0.413. The van der Waals surface area contributed by atoms with Gasteiger partial charge in [-0.25, -0.2) is 10.9 Å². The van der Waals surface area contributed by atoms with Gasteiger partial charge in [-0.3, -0.25) is 9.59 Å². The molecular formula is C18H18N4O4. The number of aliphatic hydroxyl groups excluding tert-OH is 2. The van der Waals surface area contributed by atoms with Crippen LogP contribution in [0.3, 0.4) is 0 Å². The number of nitrogens with zero attached hydrogens (tertiary/aromatic N) is 2. The molecule has 8 nitrogen and oxygen atoms in total. The molecule has 0 heterocycles. The van der Waals surface area contributed by atoms with Crippen molar-refractivity contribution in [2.45, 2.75) is 12.2 Å². The van der Waals surface area contributed by atoms with Crippen LogP contribution in [0.5, 0.6) is 0 Å². The van der Waals surface area contributed by atoms with E-state index >= 15 is 0 Å². The number of benzene rings is 2. The predicted octanol–water partition coefficient (Wildman–Crippen LogP) is 0.00880. The summed E-state index contributed by atoms with van der Waals surface area (Å²) in [4.78, 5) is 23.4. The van der Waals surface area contributed by atoms with Crippen LogP contribution in [0.15, 0.2) is 70.9 Å². The summed E-state index contributed by atoms with van der Waals surface area (Å²) in [5.74, 6) is -2.04. The zero-order chi connectivity index (χ0) is 18.8. The highest BCUT2D eigenvalue weighted by molar-refractivity contribution is 5.91. The molecule has 0 spiro atoms. The van der Waals surface area contributed by atoms with Crippen molar-refractivity contribution in [2.24, 2.45) is 10.2 Å². The summed E-state index contributed by atoms with van der Waals surface area (Å²) < 4.78 is 0. The molecule has 2 rings (SSSR count). The largest absolute Gasteiger partial charge is 0.380 e. The van der Waals surface area contributed by atoms with Crippen LogP contribution in [0.25, 0.3) is 0 Å². The molecule has 26 heavy (non-hydrogen) atoms. The molecule has 0 bridgehead atoms. The van der Waals surface area contributed by atoms with Crippen molar-refractivity contribution < 1.29 is 19.8 Å². The lowest BCUT2D eigenvalue weighted by molar-refractivity contribution is -0.146. The summed E-state index contributed by atoms with van der Waals surface area (Å²) in [5.41, 5.74) is 5.57. The number of carbonyl (C=O) groups is 2. The minimum atomic E-state index is -1.99. The lowest BCUT2D eigenvalue weighted by Gasteiger charge is -2.14. The standard InChI is InChI=1S/C18H18N4O4/c23-15(17(25)21-19-11-13-7-3-1-4-8-13)16(24)18(26)22-20-12-14-9-5-2-6-10-14/h1-12,15-16,23-24H,(H,21,25)(H,22,26)/b19-11+,20-12+. The van der Waals surface area contributed by atoms with Crippen molar-refractivity contribution in [2.75, 3.05) is 0 Å². The number of aliphatic hydroxyl groups is 2. The average Bonchev–Trinajstić information content (AvgIpc) is 2.68. The normalized spacial score (nSPS) is 13.5. The SMILES string of the molecule is O=C(N/N=C/c1ccccc1)C(O)C(O)C(=O)N/N=C/c1ccccc1. The van der Waals surface area contributed by atoms with Gasteiger partial charge in [-0.2, -0.15) is 10.2 Å². The van der Waals surface area contributed by atoms with Crippen molar-refractivity contribution in [3.05, 3.63) is 71.8 Å². The molecule has 0 aliphatic rings. The Morgan fingerprint density at radius 1 is 0.731 bits per heavy atom. The molecule has 2 unspecified atom stereocenters. The summed E-state index contributed by atoms with van der Waals surface area (Å²) in [5, 5.41) is 26.7. The van der Waals surface area contributed by atoms with E-state index in [4.69, 9.17) is 0 Å². The lowest BCUT2D eigenvalue weighted by Crippen LogP contribution is -2.47. The van der Waals surface area contributed by atoms with E-state index in [1.165, 1.54) is 12.4 Å². The first-order valence-electron chi connectivity index (χ1n) is 7.70. The fourth-order valence-electron chi connectivity index (χ4n) is 1.84. The van der Waals surface area contributed by atoms with Crippen LogP contribution >= 0.6 is 0 Å². The zero-order valence-corrected chi connectivity index (χ0v) is 13.7. The van der Waals surface area contributed by atoms with Crippen LogP contribution in [-0.4, -0.2) is 46.7 Å². The van der Waals surface area contributed by atoms with Crippen molar-refractivity contribution in [1.82, 2.24) is 10.9 Å². The van der Waals surface area contributed by atoms with Gasteiger partial charge >= 0.3 is 0 Å². The third kappa shape index (κ3) is 5.93. The maximum Gasteiger partial charge on any atom is 0.272 e. The first kappa shape index (κ1) is 19.0. The fraction of sp³-hybridized carbons (Fsp3) is 0.111. The zero-order valence-electron chi connectivity index (χ0n) is 13.7. The van der Waals surface area contributed by atoms with E-state index < -0.39 is 24.0 Å². The van der Waals surface area contributed by atoms with Gasteiger partial charge < -0.3 is 10.2 Å². The van der Waals surface area contributed by atoms with Crippen LogP contribution in [0.4, 0.5) is 0 Å². The summed E-state index contributed by atoms with van der Waals surface area (Å²) in [7, 11) is 0. The van der Waals surface area contributed by atoms with E-state index in [1.54, 1.807) is 48.5 Å². The topological polar surface area (TPSA) is 123 Å². The van der Waals surface area contributed by atoms with E-state index in [2.05, 4.69) is 21.1 Å². The molecule has 8 heteroatoms. The van der Waals surface area contributed by atoms with Gasteiger partial charge in [0.1, 0.15) is 0 Å². The van der Waals surface area contributed by atoms with Crippen LogP contribution in [0.1, 0.15) is 11.1 Å². The third-order valence-corrected chi connectivity index (χ3v) is 3.21. The molecule has 0 fully saturated rings. The minimum absolute atomic E-state index is 0.732. The summed E-state index contributed by atoms with van der Waals surface area (Å²) >= 11 is 0. The molecular weight excluding hydrogens is 336 g/mol. The van der Waals surface area contributed by atoms with Crippen molar-refractivity contribution in [3.63, 3.8) is 0 Å². The van der Waals surface area contributed by atoms with Crippen molar-refractivity contribution >= 4 is 24.2 Å². The first-order valence-corrected chi connectivity index (χ1v) is 7.70. The smallest absolute Gasteiger partial charge is 0.272 e. The predicted molar refractivity (Wildman–Crippen MR) is 96.4 cm³/mol. The van der Waals surface area contributed by atoms with Gasteiger partial charge in [0.15, 0.2) is 12.2 Å². The Morgan fingerprint density at radius 3 is 1.42 bits per heavy atom. The maximum absolute atomic E-state index is 11.7. The van der Waals surface area contributed by atoms with E-state index in [0.717, 1.165) is 11.1 Å². The van der Waals surface area contributed by atoms with E-state index in [1.807, 2.05) is 12.1 Å². The van der Waals surface area contributed by atoms with Crippen LogP contribution in [0.2, 0.25) is 0 Å². The number of carbonyl (C=O) groups excluding carboxylic acids is 2. The van der Waals surface area contributed by atoms with Gasteiger partial charge in [0, 0.05) is 0 Å². The second-order valence-electron chi connectivity index (χ2n) is 5.18. The van der Waals surface area contributed by atoms with Crippen molar-refractivity contribution in [3.8, 4) is 0 Å². The Morgan fingerprint density at radius 2 is 1.08 bits per heavy atom. The number of rotatable bonds is 7. The van der Waals surface area contributed by atoms with Crippen LogP contribution in [-0.2, 0) is 9.59 Å². The summed E-state index contributed by atoms with van der Waals surface area (Å²) in [6.07, 6.45) is -1.26. The van der Waals surface area contributed by atoms with E-state index in [-0.39, 0.29) is 0 Å². The van der Waals surface area contributed by atoms with Gasteiger partial charge in [-0.15, -0.1) is 0 Å². The van der Waals surface area contributed by atoms with Gasteiger partial charge in [0.05, 0.1) is 12.4 Å². The molecule has 2 aromatic rings.